The summed E-state index contributed by atoms with van der Waals surface area (Å²) in [7, 11) is 1.67. The van der Waals surface area contributed by atoms with Crippen molar-refractivity contribution in [1.82, 2.24) is 19.9 Å². The third-order valence-corrected chi connectivity index (χ3v) is 3.13. The quantitative estimate of drug-likeness (QED) is 0.868. The van der Waals surface area contributed by atoms with Crippen molar-refractivity contribution in [2.24, 2.45) is 0 Å². The maximum atomic E-state index is 13.8. The number of carbonyl (C=O) groups is 1. The van der Waals surface area contributed by atoms with E-state index < -0.39 is 5.82 Å². The summed E-state index contributed by atoms with van der Waals surface area (Å²) in [5.41, 5.74) is 0.910. The lowest BCUT2D eigenvalue weighted by molar-refractivity contribution is -0.128. The second-order valence-corrected chi connectivity index (χ2v) is 5.04. The molecule has 0 unspecified atom stereocenters. The summed E-state index contributed by atoms with van der Waals surface area (Å²) in [4.78, 5) is 12.6. The number of halogens is 2. The monoisotopic (exact) mass is 326 g/mol. The number of rotatable bonds is 3. The van der Waals surface area contributed by atoms with Crippen LogP contribution in [0, 0.1) is 5.82 Å². The van der Waals surface area contributed by atoms with Crippen LogP contribution in [0.2, 0.25) is 0 Å². The number of hydrogen-bond donors (Lipinski definition) is 0. The summed E-state index contributed by atoms with van der Waals surface area (Å²) in [6.45, 7) is 1.81. The lowest BCUT2D eigenvalue weighted by Crippen LogP contribution is -2.23. The Balaban J connectivity index is 2.23. The zero-order chi connectivity index (χ0) is 14.0. The van der Waals surface area contributed by atoms with Gasteiger partial charge >= 0.3 is 0 Å². The molecule has 0 saturated heterocycles. The molecule has 0 bridgehead atoms. The molecule has 1 heterocycles. The van der Waals surface area contributed by atoms with Crippen molar-refractivity contribution in [2.45, 2.75) is 13.5 Å². The first kappa shape index (κ1) is 13.7. The minimum atomic E-state index is -0.397. The van der Waals surface area contributed by atoms with E-state index >= 15 is 0 Å². The lowest BCUT2D eigenvalue weighted by atomic mass is 10.3. The Labute approximate surface area is 118 Å². The molecule has 0 saturated carbocycles. The molecule has 0 aliphatic heterocycles. The third-order valence-electron chi connectivity index (χ3n) is 2.63. The Bertz CT molecular complexity index is 614. The Hall–Kier alpha value is -1.76. The molecule has 5 nitrogen and oxygen atoms in total. The van der Waals surface area contributed by atoms with Crippen molar-refractivity contribution in [3.05, 3.63) is 40.4 Å². The minimum absolute atomic E-state index is 0.0654. The molecule has 0 atom stereocenters. The molecule has 0 N–H and O–H groups in total. The van der Waals surface area contributed by atoms with Crippen LogP contribution < -0.4 is 0 Å². The molecule has 19 heavy (non-hydrogen) atoms. The molecule has 0 aliphatic rings. The average Bonchev–Trinajstić information content (AvgIpc) is 2.77. The first-order chi connectivity index (χ1) is 8.97. The first-order valence-electron chi connectivity index (χ1n) is 5.55. The van der Waals surface area contributed by atoms with Gasteiger partial charge in [-0.2, -0.15) is 0 Å². The van der Waals surface area contributed by atoms with Gasteiger partial charge in [0, 0.05) is 18.4 Å². The third kappa shape index (κ3) is 3.17. The molecule has 0 spiro atoms. The first-order valence-corrected chi connectivity index (χ1v) is 6.35. The van der Waals surface area contributed by atoms with Crippen LogP contribution in [-0.2, 0) is 11.3 Å². The van der Waals surface area contributed by atoms with Gasteiger partial charge in [0.15, 0.2) is 0 Å². The van der Waals surface area contributed by atoms with Crippen molar-refractivity contribution in [3.63, 3.8) is 0 Å². The van der Waals surface area contributed by atoms with Crippen LogP contribution in [0.1, 0.15) is 12.6 Å². The SMILES string of the molecule is CC(=O)N(C)Cc1cn(-c2ccc(Br)cc2F)nn1. The Kier molecular flexibility index (Phi) is 3.94. The van der Waals surface area contributed by atoms with E-state index in [1.165, 1.54) is 22.6 Å². The van der Waals surface area contributed by atoms with Gasteiger partial charge < -0.3 is 4.90 Å². The van der Waals surface area contributed by atoms with Crippen LogP contribution >= 0.6 is 15.9 Å². The fourth-order valence-electron chi connectivity index (χ4n) is 1.51. The number of hydrogen-bond acceptors (Lipinski definition) is 3. The summed E-state index contributed by atoms with van der Waals surface area (Å²) in [6.07, 6.45) is 1.60. The summed E-state index contributed by atoms with van der Waals surface area (Å²) >= 11 is 3.19. The molecule has 0 aliphatic carbocycles. The minimum Gasteiger partial charge on any atom is -0.340 e. The smallest absolute Gasteiger partial charge is 0.219 e. The molecule has 2 aromatic rings. The van der Waals surface area contributed by atoms with Crippen molar-refractivity contribution >= 4 is 21.8 Å². The maximum Gasteiger partial charge on any atom is 0.219 e. The predicted octanol–water partition coefficient (Wildman–Crippen LogP) is 2.15. The highest BCUT2D eigenvalue weighted by Gasteiger charge is 2.10. The second-order valence-electron chi connectivity index (χ2n) is 4.13. The van der Waals surface area contributed by atoms with Gasteiger partial charge in [0.25, 0.3) is 0 Å². The van der Waals surface area contributed by atoms with Crippen LogP contribution in [0.3, 0.4) is 0 Å². The normalized spacial score (nSPS) is 10.5. The zero-order valence-electron chi connectivity index (χ0n) is 10.5. The number of benzene rings is 1. The summed E-state index contributed by atoms with van der Waals surface area (Å²) in [5, 5.41) is 7.78. The largest absolute Gasteiger partial charge is 0.340 e. The van der Waals surface area contributed by atoms with Gasteiger partial charge in [-0.3, -0.25) is 4.79 Å². The highest BCUT2D eigenvalue weighted by atomic mass is 79.9. The van der Waals surface area contributed by atoms with Crippen molar-refractivity contribution in [1.29, 1.82) is 0 Å². The van der Waals surface area contributed by atoms with Gasteiger partial charge in [-0.05, 0) is 18.2 Å². The topological polar surface area (TPSA) is 51.0 Å². The average molecular weight is 327 g/mol. The van der Waals surface area contributed by atoms with E-state index in [-0.39, 0.29) is 5.91 Å². The Morgan fingerprint density at radius 3 is 2.89 bits per heavy atom. The number of nitrogens with zero attached hydrogens (tertiary/aromatic N) is 4. The van der Waals surface area contributed by atoms with E-state index in [1.807, 2.05) is 0 Å². The number of aromatic nitrogens is 3. The highest BCUT2D eigenvalue weighted by Crippen LogP contribution is 2.18. The molecule has 1 aromatic carbocycles. The number of carbonyl (C=O) groups excluding carboxylic acids is 1. The van der Waals surface area contributed by atoms with Gasteiger partial charge in [-0.1, -0.05) is 21.1 Å². The van der Waals surface area contributed by atoms with Crippen LogP contribution in [0.5, 0.6) is 0 Å². The van der Waals surface area contributed by atoms with E-state index in [1.54, 1.807) is 25.4 Å². The highest BCUT2D eigenvalue weighted by molar-refractivity contribution is 9.10. The molecule has 2 rings (SSSR count). The van der Waals surface area contributed by atoms with E-state index in [0.29, 0.717) is 22.4 Å². The van der Waals surface area contributed by atoms with E-state index in [9.17, 15) is 9.18 Å². The van der Waals surface area contributed by atoms with Crippen molar-refractivity contribution < 1.29 is 9.18 Å². The fraction of sp³-hybridized carbons (Fsp3) is 0.250. The van der Waals surface area contributed by atoms with Crippen LogP contribution in [0.25, 0.3) is 5.69 Å². The standard InChI is InChI=1S/C12H12BrFN4O/c1-8(19)17(2)6-10-7-18(16-15-10)12-4-3-9(13)5-11(12)14/h3-5,7H,6H2,1-2H3. The van der Waals surface area contributed by atoms with Crippen molar-refractivity contribution in [2.75, 3.05) is 7.05 Å². The Morgan fingerprint density at radius 1 is 1.53 bits per heavy atom. The molecular formula is C12H12BrFN4O. The van der Waals surface area contributed by atoms with Gasteiger partial charge in [0.05, 0.1) is 12.7 Å². The maximum absolute atomic E-state index is 13.8. The van der Waals surface area contributed by atoms with Crippen molar-refractivity contribution in [3.8, 4) is 5.69 Å². The molecule has 0 fully saturated rings. The molecular weight excluding hydrogens is 315 g/mol. The van der Waals surface area contributed by atoms with Gasteiger partial charge in [0.2, 0.25) is 5.91 Å². The fourth-order valence-corrected chi connectivity index (χ4v) is 1.84. The summed E-state index contributed by atoms with van der Waals surface area (Å²) in [6, 6.07) is 4.69. The lowest BCUT2D eigenvalue weighted by Gasteiger charge is -2.11. The molecule has 7 heteroatoms. The van der Waals surface area contributed by atoms with Crippen LogP contribution in [-0.4, -0.2) is 32.8 Å². The van der Waals surface area contributed by atoms with Gasteiger partial charge in [0.1, 0.15) is 17.2 Å². The molecule has 0 radical (unpaired) electrons. The predicted molar refractivity (Wildman–Crippen MR) is 71.2 cm³/mol. The van der Waals surface area contributed by atoms with Gasteiger partial charge in [-0.25, -0.2) is 9.07 Å². The Morgan fingerprint density at radius 2 is 2.26 bits per heavy atom. The van der Waals surface area contributed by atoms with E-state index in [2.05, 4.69) is 26.2 Å². The van der Waals surface area contributed by atoms with Gasteiger partial charge in [-0.15, -0.1) is 5.10 Å². The van der Waals surface area contributed by atoms with Crippen LogP contribution in [0.4, 0.5) is 4.39 Å². The molecule has 1 amide bonds. The molecule has 1 aromatic heterocycles. The summed E-state index contributed by atoms with van der Waals surface area (Å²) in [5.74, 6) is -0.463. The number of amides is 1. The molecule has 100 valence electrons. The summed E-state index contributed by atoms with van der Waals surface area (Å²) < 4.78 is 15.8. The zero-order valence-corrected chi connectivity index (χ0v) is 12.1. The van der Waals surface area contributed by atoms with Crippen LogP contribution in [0.15, 0.2) is 28.9 Å². The van der Waals surface area contributed by atoms with E-state index in [4.69, 9.17) is 0 Å². The van der Waals surface area contributed by atoms with E-state index in [0.717, 1.165) is 0 Å². The second kappa shape index (κ2) is 5.48.